The van der Waals surface area contributed by atoms with Gasteiger partial charge in [0.25, 0.3) is 0 Å². The van der Waals surface area contributed by atoms with Crippen LogP contribution in [-0.4, -0.2) is 52.6 Å². The third-order valence-electron chi connectivity index (χ3n) is 3.27. The van der Waals surface area contributed by atoms with E-state index in [1.807, 2.05) is 0 Å². The second-order valence-electron chi connectivity index (χ2n) is 5.11. The number of methoxy groups -OCH3 is 1. The molecule has 3 rings (SSSR count). The average molecular weight is 345 g/mol. The Labute approximate surface area is 142 Å². The van der Waals surface area contributed by atoms with E-state index in [2.05, 4.69) is 20.6 Å². The van der Waals surface area contributed by atoms with Crippen LogP contribution in [0.2, 0.25) is 0 Å². The molecule has 130 valence electrons. The Hall–Kier alpha value is -3.07. The van der Waals surface area contributed by atoms with Crippen LogP contribution in [0.1, 0.15) is 0 Å². The van der Waals surface area contributed by atoms with Gasteiger partial charge in [0.15, 0.2) is 11.5 Å². The summed E-state index contributed by atoms with van der Waals surface area (Å²) in [4.78, 5) is 11.3. The Morgan fingerprint density at radius 3 is 2.96 bits per heavy atom. The second-order valence-corrected chi connectivity index (χ2v) is 5.11. The molecule has 8 nitrogen and oxygen atoms in total. The summed E-state index contributed by atoms with van der Waals surface area (Å²) in [6.45, 7) is 0.564. The lowest BCUT2D eigenvalue weighted by Crippen LogP contribution is -2.31. The largest absolute Gasteiger partial charge is 0.475 e. The maximum absolute atomic E-state index is 13.4. The van der Waals surface area contributed by atoms with Crippen LogP contribution in [0.25, 0.3) is 17.0 Å². The van der Waals surface area contributed by atoms with Gasteiger partial charge < -0.3 is 14.8 Å². The Kier molecular flexibility index (Phi) is 5.14. The summed E-state index contributed by atoms with van der Waals surface area (Å²) in [6, 6.07) is 9.37. The lowest BCUT2D eigenvalue weighted by molar-refractivity contribution is -0.124. The fraction of sp³-hybridized carbons (Fsp3) is 0.250. The van der Waals surface area contributed by atoms with Crippen LogP contribution in [0.4, 0.5) is 4.39 Å². The van der Waals surface area contributed by atoms with Gasteiger partial charge in [-0.15, -0.1) is 15.3 Å². The molecule has 0 aliphatic heterocycles. The van der Waals surface area contributed by atoms with Crippen LogP contribution >= 0.6 is 0 Å². The molecule has 3 aromatic rings. The molecule has 9 heteroatoms. The zero-order valence-electron chi connectivity index (χ0n) is 13.5. The average Bonchev–Trinajstić information content (AvgIpc) is 3.02. The highest BCUT2D eigenvalue weighted by atomic mass is 19.1. The first-order valence-corrected chi connectivity index (χ1v) is 7.54. The molecule has 0 radical (unpaired) electrons. The number of nitrogens with one attached hydrogen (secondary N) is 1. The standard InChI is InChI=1S/C16H16FN5O3/c1-24-10-14(23)18-7-8-25-15-6-5-13-19-20-16(22(13)21-15)11-3-2-4-12(17)9-11/h2-6,9H,7-8,10H2,1H3,(H,18,23). The molecule has 0 fully saturated rings. The predicted molar refractivity (Wildman–Crippen MR) is 86.6 cm³/mol. The first kappa shape index (κ1) is 16.8. The van der Waals surface area contributed by atoms with E-state index in [1.165, 1.54) is 23.8 Å². The minimum Gasteiger partial charge on any atom is -0.475 e. The molecule has 0 saturated heterocycles. The predicted octanol–water partition coefficient (Wildman–Crippen LogP) is 1.07. The van der Waals surface area contributed by atoms with Crippen LogP contribution in [0.3, 0.4) is 0 Å². The molecule has 2 aromatic heterocycles. The van der Waals surface area contributed by atoms with Crippen LogP contribution in [0.5, 0.6) is 5.88 Å². The third-order valence-corrected chi connectivity index (χ3v) is 3.27. The number of carbonyl (C=O) groups is 1. The van der Waals surface area contributed by atoms with Crippen molar-refractivity contribution in [2.24, 2.45) is 0 Å². The van der Waals surface area contributed by atoms with E-state index in [0.29, 0.717) is 29.5 Å². The van der Waals surface area contributed by atoms with E-state index in [1.54, 1.807) is 24.3 Å². The van der Waals surface area contributed by atoms with Crippen molar-refractivity contribution in [2.45, 2.75) is 0 Å². The number of carbonyl (C=O) groups excluding carboxylic acids is 1. The summed E-state index contributed by atoms with van der Waals surface area (Å²) in [5.74, 6) is 0.162. The summed E-state index contributed by atoms with van der Waals surface area (Å²) in [6.07, 6.45) is 0. The molecule has 0 bridgehead atoms. The summed E-state index contributed by atoms with van der Waals surface area (Å²) < 4.78 is 25.1. The fourth-order valence-electron chi connectivity index (χ4n) is 2.18. The summed E-state index contributed by atoms with van der Waals surface area (Å²) in [5.41, 5.74) is 1.07. The molecule has 0 atom stereocenters. The van der Waals surface area contributed by atoms with E-state index in [-0.39, 0.29) is 24.9 Å². The number of aromatic nitrogens is 4. The molecule has 1 aromatic carbocycles. The molecular weight excluding hydrogens is 329 g/mol. The SMILES string of the molecule is COCC(=O)NCCOc1ccc2nnc(-c3cccc(F)c3)n2n1. The van der Waals surface area contributed by atoms with Gasteiger partial charge in [0.2, 0.25) is 11.8 Å². The summed E-state index contributed by atoms with van der Waals surface area (Å²) >= 11 is 0. The van der Waals surface area contributed by atoms with Crippen molar-refractivity contribution in [1.29, 1.82) is 0 Å². The Balaban J connectivity index is 1.71. The molecule has 1 N–H and O–H groups in total. The minimum atomic E-state index is -0.367. The van der Waals surface area contributed by atoms with Gasteiger partial charge >= 0.3 is 0 Å². The van der Waals surface area contributed by atoms with E-state index < -0.39 is 0 Å². The highest BCUT2D eigenvalue weighted by molar-refractivity contribution is 5.77. The van der Waals surface area contributed by atoms with Crippen molar-refractivity contribution in [3.05, 3.63) is 42.2 Å². The molecular formula is C16H16FN5O3. The first-order valence-electron chi connectivity index (χ1n) is 7.54. The van der Waals surface area contributed by atoms with Crippen LogP contribution in [0, 0.1) is 5.82 Å². The van der Waals surface area contributed by atoms with Crippen molar-refractivity contribution in [3.8, 4) is 17.3 Å². The van der Waals surface area contributed by atoms with Gasteiger partial charge in [-0.25, -0.2) is 4.39 Å². The van der Waals surface area contributed by atoms with Gasteiger partial charge in [0, 0.05) is 18.7 Å². The number of fused-ring (bicyclic) bond motifs is 1. The molecule has 2 heterocycles. The highest BCUT2D eigenvalue weighted by Gasteiger charge is 2.11. The van der Waals surface area contributed by atoms with Gasteiger partial charge in [-0.05, 0) is 18.2 Å². The molecule has 25 heavy (non-hydrogen) atoms. The van der Waals surface area contributed by atoms with Crippen molar-refractivity contribution < 1.29 is 18.7 Å². The maximum atomic E-state index is 13.4. The van der Waals surface area contributed by atoms with Crippen molar-refractivity contribution in [1.82, 2.24) is 25.1 Å². The first-order chi connectivity index (χ1) is 12.2. The molecule has 0 saturated carbocycles. The Morgan fingerprint density at radius 2 is 2.16 bits per heavy atom. The van der Waals surface area contributed by atoms with Crippen LogP contribution in [0.15, 0.2) is 36.4 Å². The summed E-state index contributed by atoms with van der Waals surface area (Å²) in [5, 5.41) is 15.0. The molecule has 0 unspecified atom stereocenters. The van der Waals surface area contributed by atoms with Crippen LogP contribution < -0.4 is 10.1 Å². The molecule has 0 spiro atoms. The number of ether oxygens (including phenoxy) is 2. The topological polar surface area (TPSA) is 90.6 Å². The number of amides is 1. The smallest absolute Gasteiger partial charge is 0.246 e. The Morgan fingerprint density at radius 1 is 1.28 bits per heavy atom. The number of hydrogen-bond donors (Lipinski definition) is 1. The number of rotatable bonds is 7. The second kappa shape index (κ2) is 7.67. The molecule has 0 aliphatic rings. The van der Waals surface area contributed by atoms with Gasteiger partial charge in [0.05, 0.1) is 6.54 Å². The van der Waals surface area contributed by atoms with Crippen molar-refractivity contribution >= 4 is 11.6 Å². The van der Waals surface area contributed by atoms with Crippen LogP contribution in [-0.2, 0) is 9.53 Å². The van der Waals surface area contributed by atoms with E-state index >= 15 is 0 Å². The Bertz CT molecular complexity index is 883. The van der Waals surface area contributed by atoms with E-state index in [4.69, 9.17) is 9.47 Å². The zero-order valence-corrected chi connectivity index (χ0v) is 13.5. The quantitative estimate of drug-likeness (QED) is 0.644. The normalized spacial score (nSPS) is 10.8. The lowest BCUT2D eigenvalue weighted by Gasteiger charge is -2.07. The van der Waals surface area contributed by atoms with E-state index in [0.717, 1.165) is 0 Å². The monoisotopic (exact) mass is 345 g/mol. The number of nitrogens with zero attached hydrogens (tertiary/aromatic N) is 4. The maximum Gasteiger partial charge on any atom is 0.246 e. The van der Waals surface area contributed by atoms with Gasteiger partial charge in [-0.2, -0.15) is 4.52 Å². The number of benzene rings is 1. The highest BCUT2D eigenvalue weighted by Crippen LogP contribution is 2.19. The van der Waals surface area contributed by atoms with Crippen molar-refractivity contribution in [3.63, 3.8) is 0 Å². The fourth-order valence-corrected chi connectivity index (χ4v) is 2.18. The molecule has 0 aliphatic carbocycles. The number of hydrogen-bond acceptors (Lipinski definition) is 6. The lowest BCUT2D eigenvalue weighted by atomic mass is 10.2. The van der Waals surface area contributed by atoms with Crippen molar-refractivity contribution in [2.75, 3.05) is 26.9 Å². The minimum absolute atomic E-state index is 0.00190. The van der Waals surface area contributed by atoms with Gasteiger partial charge in [-0.3, -0.25) is 4.79 Å². The number of halogens is 1. The zero-order chi connectivity index (χ0) is 17.6. The molecule has 1 amide bonds. The summed E-state index contributed by atoms with van der Waals surface area (Å²) in [7, 11) is 1.45. The van der Waals surface area contributed by atoms with Gasteiger partial charge in [-0.1, -0.05) is 12.1 Å². The van der Waals surface area contributed by atoms with Gasteiger partial charge in [0.1, 0.15) is 19.0 Å². The van der Waals surface area contributed by atoms with E-state index in [9.17, 15) is 9.18 Å². The third kappa shape index (κ3) is 4.07.